The molecule has 3 unspecified atom stereocenters. The zero-order chi connectivity index (χ0) is 7.90. The van der Waals surface area contributed by atoms with Gasteiger partial charge in [-0.05, 0) is 24.7 Å². The highest BCUT2D eigenvalue weighted by atomic mass is 16.6. The maximum Gasteiger partial charge on any atom is 0.0848 e. The van der Waals surface area contributed by atoms with E-state index < -0.39 is 0 Å². The van der Waals surface area contributed by atoms with Crippen LogP contribution in [0.5, 0.6) is 0 Å². The van der Waals surface area contributed by atoms with E-state index >= 15 is 0 Å². The van der Waals surface area contributed by atoms with E-state index in [-0.39, 0.29) is 0 Å². The van der Waals surface area contributed by atoms with E-state index in [1.54, 1.807) is 7.11 Å². The molecule has 64 valence electrons. The summed E-state index contributed by atoms with van der Waals surface area (Å²) in [7, 11) is 1.78. The van der Waals surface area contributed by atoms with Crippen LogP contribution < -0.4 is 0 Å². The minimum absolute atomic E-state index is 0.395. The summed E-state index contributed by atoms with van der Waals surface area (Å²) < 4.78 is 10.7. The van der Waals surface area contributed by atoms with Gasteiger partial charge in [0.25, 0.3) is 0 Å². The Kier molecular flexibility index (Phi) is 1.69. The van der Waals surface area contributed by atoms with Crippen LogP contribution >= 0.6 is 0 Å². The largest absolute Gasteiger partial charge is 0.384 e. The molecule has 0 bridgehead atoms. The molecular weight excluding hydrogens is 140 g/mol. The van der Waals surface area contributed by atoms with Gasteiger partial charge in [-0.1, -0.05) is 6.92 Å². The van der Waals surface area contributed by atoms with Crippen molar-refractivity contribution in [3.8, 4) is 0 Å². The highest BCUT2D eigenvalue weighted by Gasteiger charge is 2.48. The van der Waals surface area contributed by atoms with Gasteiger partial charge in [0.05, 0.1) is 18.8 Å². The molecule has 0 amide bonds. The van der Waals surface area contributed by atoms with Crippen molar-refractivity contribution in [2.24, 2.45) is 5.41 Å². The zero-order valence-electron chi connectivity index (χ0n) is 7.30. The summed E-state index contributed by atoms with van der Waals surface area (Å²) in [5.74, 6) is 0. The Morgan fingerprint density at radius 1 is 1.55 bits per heavy atom. The second-order valence-electron chi connectivity index (χ2n) is 4.20. The first-order valence-electron chi connectivity index (χ1n) is 4.38. The molecule has 11 heavy (non-hydrogen) atoms. The molecule has 0 aromatic rings. The SMILES string of the molecule is COCC1(C)CCC2OC2C1. The van der Waals surface area contributed by atoms with Gasteiger partial charge in [0.1, 0.15) is 0 Å². The lowest BCUT2D eigenvalue weighted by molar-refractivity contribution is 0.0685. The molecule has 2 rings (SSSR count). The predicted octanol–water partition coefficient (Wildman–Crippen LogP) is 1.59. The van der Waals surface area contributed by atoms with Gasteiger partial charge in [-0.3, -0.25) is 0 Å². The minimum Gasteiger partial charge on any atom is -0.384 e. The summed E-state index contributed by atoms with van der Waals surface area (Å²) in [6.07, 6.45) is 4.89. The Hall–Kier alpha value is -0.0800. The summed E-state index contributed by atoms with van der Waals surface area (Å²) in [5, 5.41) is 0. The van der Waals surface area contributed by atoms with E-state index in [1.165, 1.54) is 19.3 Å². The molecule has 0 N–H and O–H groups in total. The first-order chi connectivity index (χ1) is 5.23. The second-order valence-corrected chi connectivity index (χ2v) is 4.20. The molecule has 1 aliphatic carbocycles. The minimum atomic E-state index is 0.395. The lowest BCUT2D eigenvalue weighted by Gasteiger charge is -2.30. The van der Waals surface area contributed by atoms with Crippen molar-refractivity contribution >= 4 is 0 Å². The predicted molar refractivity (Wildman–Crippen MR) is 42.5 cm³/mol. The Morgan fingerprint density at radius 2 is 2.36 bits per heavy atom. The fourth-order valence-corrected chi connectivity index (χ4v) is 2.17. The van der Waals surface area contributed by atoms with Gasteiger partial charge >= 0.3 is 0 Å². The first kappa shape index (κ1) is 7.56. The number of methoxy groups -OCH3 is 1. The average Bonchev–Trinajstić information content (AvgIpc) is 2.65. The molecule has 3 atom stereocenters. The van der Waals surface area contributed by atoms with E-state index in [0.717, 1.165) is 6.61 Å². The Morgan fingerprint density at radius 3 is 3.00 bits per heavy atom. The summed E-state index contributed by atoms with van der Waals surface area (Å²) in [4.78, 5) is 0. The van der Waals surface area contributed by atoms with Gasteiger partial charge in [0.2, 0.25) is 0 Å². The van der Waals surface area contributed by atoms with E-state index in [2.05, 4.69) is 6.92 Å². The van der Waals surface area contributed by atoms with Gasteiger partial charge in [0, 0.05) is 7.11 Å². The third kappa shape index (κ3) is 1.42. The van der Waals surface area contributed by atoms with Gasteiger partial charge in [-0.25, -0.2) is 0 Å². The monoisotopic (exact) mass is 156 g/mol. The average molecular weight is 156 g/mol. The fourth-order valence-electron chi connectivity index (χ4n) is 2.17. The molecule has 1 saturated carbocycles. The molecule has 0 radical (unpaired) electrons. The van der Waals surface area contributed by atoms with Crippen molar-refractivity contribution < 1.29 is 9.47 Å². The highest BCUT2D eigenvalue weighted by molar-refractivity contribution is 4.96. The number of fused-ring (bicyclic) bond motifs is 1. The van der Waals surface area contributed by atoms with Crippen LogP contribution in [-0.4, -0.2) is 25.9 Å². The van der Waals surface area contributed by atoms with Crippen LogP contribution in [0, 0.1) is 5.41 Å². The van der Waals surface area contributed by atoms with Crippen LogP contribution in [0.2, 0.25) is 0 Å². The van der Waals surface area contributed by atoms with Crippen molar-refractivity contribution in [2.75, 3.05) is 13.7 Å². The van der Waals surface area contributed by atoms with Crippen LogP contribution in [-0.2, 0) is 9.47 Å². The van der Waals surface area contributed by atoms with E-state index in [1.807, 2.05) is 0 Å². The van der Waals surface area contributed by atoms with E-state index in [9.17, 15) is 0 Å². The van der Waals surface area contributed by atoms with Gasteiger partial charge in [0.15, 0.2) is 0 Å². The topological polar surface area (TPSA) is 21.8 Å². The number of ether oxygens (including phenoxy) is 2. The standard InChI is InChI=1S/C9H16O2/c1-9(6-10-2)4-3-7-8(5-9)11-7/h7-8H,3-6H2,1-2H3. The van der Waals surface area contributed by atoms with Crippen molar-refractivity contribution in [1.82, 2.24) is 0 Å². The quantitative estimate of drug-likeness (QED) is 0.566. The molecule has 2 fully saturated rings. The number of rotatable bonds is 2. The van der Waals surface area contributed by atoms with Crippen molar-refractivity contribution in [3.63, 3.8) is 0 Å². The molecule has 1 aliphatic heterocycles. The molecule has 0 spiro atoms. The normalized spacial score (nSPS) is 48.5. The maximum atomic E-state index is 5.46. The van der Waals surface area contributed by atoms with Crippen molar-refractivity contribution in [1.29, 1.82) is 0 Å². The molecule has 0 aromatic carbocycles. The van der Waals surface area contributed by atoms with Crippen LogP contribution in [0.4, 0.5) is 0 Å². The third-order valence-corrected chi connectivity index (χ3v) is 2.91. The molecule has 2 nitrogen and oxygen atoms in total. The van der Waals surface area contributed by atoms with E-state index in [0.29, 0.717) is 17.6 Å². The van der Waals surface area contributed by atoms with Crippen molar-refractivity contribution in [3.05, 3.63) is 0 Å². The molecule has 1 heterocycles. The van der Waals surface area contributed by atoms with Crippen LogP contribution in [0.3, 0.4) is 0 Å². The lowest BCUT2D eigenvalue weighted by Crippen LogP contribution is -2.29. The third-order valence-electron chi connectivity index (χ3n) is 2.91. The smallest absolute Gasteiger partial charge is 0.0848 e. The zero-order valence-corrected chi connectivity index (χ0v) is 7.30. The lowest BCUT2D eigenvalue weighted by atomic mass is 9.76. The van der Waals surface area contributed by atoms with Crippen LogP contribution in [0.15, 0.2) is 0 Å². The summed E-state index contributed by atoms with van der Waals surface area (Å²) in [6.45, 7) is 3.19. The Balaban J connectivity index is 1.91. The summed E-state index contributed by atoms with van der Waals surface area (Å²) in [6, 6.07) is 0. The molecule has 2 aliphatic rings. The van der Waals surface area contributed by atoms with Crippen LogP contribution in [0.1, 0.15) is 26.2 Å². The molecule has 1 saturated heterocycles. The fraction of sp³-hybridized carbons (Fsp3) is 1.00. The number of epoxide rings is 1. The summed E-state index contributed by atoms with van der Waals surface area (Å²) in [5.41, 5.74) is 0.395. The molecular formula is C9H16O2. The van der Waals surface area contributed by atoms with Gasteiger partial charge in [-0.15, -0.1) is 0 Å². The Labute approximate surface area is 67.9 Å². The first-order valence-corrected chi connectivity index (χ1v) is 4.38. The highest BCUT2D eigenvalue weighted by Crippen LogP contribution is 2.46. The van der Waals surface area contributed by atoms with Gasteiger partial charge in [-0.2, -0.15) is 0 Å². The molecule has 0 aromatic heterocycles. The number of hydrogen-bond donors (Lipinski definition) is 0. The number of hydrogen-bond acceptors (Lipinski definition) is 2. The van der Waals surface area contributed by atoms with Crippen LogP contribution in [0.25, 0.3) is 0 Å². The maximum absolute atomic E-state index is 5.46. The van der Waals surface area contributed by atoms with Crippen molar-refractivity contribution in [2.45, 2.75) is 38.4 Å². The molecule has 2 heteroatoms. The summed E-state index contributed by atoms with van der Waals surface area (Å²) >= 11 is 0. The Bertz CT molecular complexity index is 158. The second kappa shape index (κ2) is 2.46. The van der Waals surface area contributed by atoms with E-state index in [4.69, 9.17) is 9.47 Å². The van der Waals surface area contributed by atoms with Gasteiger partial charge < -0.3 is 9.47 Å².